The van der Waals surface area contributed by atoms with E-state index < -0.39 is 0 Å². The molecular weight excluding hydrogens is 318 g/mol. The van der Waals surface area contributed by atoms with E-state index in [4.69, 9.17) is 10.5 Å². The molecule has 5 heteroatoms. The van der Waals surface area contributed by atoms with Crippen LogP contribution in [0.2, 0.25) is 0 Å². The second kappa shape index (κ2) is 4.83. The van der Waals surface area contributed by atoms with E-state index in [1.807, 2.05) is 47.9 Å². The van der Waals surface area contributed by atoms with Gasteiger partial charge in [-0.1, -0.05) is 22.0 Å². The van der Waals surface area contributed by atoms with Crippen LogP contribution in [0.1, 0.15) is 5.56 Å². The molecule has 0 aliphatic carbocycles. The zero-order valence-corrected chi connectivity index (χ0v) is 12.8. The minimum Gasteiger partial charge on any atom is -0.497 e. The van der Waals surface area contributed by atoms with E-state index >= 15 is 0 Å². The van der Waals surface area contributed by atoms with Gasteiger partial charge in [0.1, 0.15) is 22.9 Å². The van der Waals surface area contributed by atoms with E-state index in [9.17, 15) is 0 Å². The van der Waals surface area contributed by atoms with E-state index in [1.165, 1.54) is 0 Å². The molecule has 0 aliphatic heterocycles. The first-order valence-corrected chi connectivity index (χ1v) is 6.97. The van der Waals surface area contributed by atoms with Crippen molar-refractivity contribution in [1.29, 1.82) is 0 Å². The summed E-state index contributed by atoms with van der Waals surface area (Å²) >= 11 is 3.54. The number of hydrogen-bond donors (Lipinski definition) is 1. The van der Waals surface area contributed by atoms with Crippen molar-refractivity contribution >= 4 is 27.4 Å². The summed E-state index contributed by atoms with van der Waals surface area (Å²) in [7, 11) is 1.64. The first kappa shape index (κ1) is 13.0. The van der Waals surface area contributed by atoms with Crippen molar-refractivity contribution in [3.05, 3.63) is 46.6 Å². The third-order valence-corrected chi connectivity index (χ3v) is 3.92. The number of halogens is 1. The van der Waals surface area contributed by atoms with Crippen LogP contribution in [0.15, 0.2) is 41.0 Å². The lowest BCUT2D eigenvalue weighted by Gasteiger charge is -2.06. The Morgan fingerprint density at radius 1 is 1.25 bits per heavy atom. The maximum atomic E-state index is 6.24. The lowest BCUT2D eigenvalue weighted by molar-refractivity contribution is 0.415. The van der Waals surface area contributed by atoms with Crippen molar-refractivity contribution in [2.45, 2.75) is 6.92 Å². The van der Waals surface area contributed by atoms with Crippen LogP contribution in [-0.4, -0.2) is 16.5 Å². The van der Waals surface area contributed by atoms with Gasteiger partial charge in [0.15, 0.2) is 0 Å². The van der Waals surface area contributed by atoms with Crippen LogP contribution in [0.4, 0.5) is 5.82 Å². The Bertz CT molecular complexity index is 795. The summed E-state index contributed by atoms with van der Waals surface area (Å²) in [6.45, 7) is 2.03. The maximum Gasteiger partial charge on any atom is 0.139 e. The van der Waals surface area contributed by atoms with Gasteiger partial charge in [0, 0.05) is 16.2 Å². The van der Waals surface area contributed by atoms with Gasteiger partial charge < -0.3 is 10.5 Å². The zero-order valence-electron chi connectivity index (χ0n) is 11.2. The molecule has 0 amide bonds. The Labute approximate surface area is 125 Å². The average Bonchev–Trinajstić information content (AvgIpc) is 2.77. The number of fused-ring (bicyclic) bond motifs is 1. The molecule has 0 radical (unpaired) electrons. The maximum absolute atomic E-state index is 6.24. The van der Waals surface area contributed by atoms with Crippen molar-refractivity contribution in [3.8, 4) is 17.0 Å². The molecule has 2 heterocycles. The summed E-state index contributed by atoms with van der Waals surface area (Å²) in [5.74, 6) is 1.40. The minimum atomic E-state index is 0.623. The molecule has 20 heavy (non-hydrogen) atoms. The van der Waals surface area contributed by atoms with Crippen LogP contribution < -0.4 is 10.5 Å². The van der Waals surface area contributed by atoms with Crippen molar-refractivity contribution in [2.75, 3.05) is 12.8 Å². The molecular formula is C15H14BrN3O. The Morgan fingerprint density at radius 2 is 2.05 bits per heavy atom. The highest BCUT2D eigenvalue weighted by Gasteiger charge is 2.14. The Morgan fingerprint density at radius 3 is 2.80 bits per heavy atom. The first-order valence-electron chi connectivity index (χ1n) is 6.18. The molecule has 0 saturated carbocycles. The molecule has 0 spiro atoms. The molecule has 1 aromatic carbocycles. The summed E-state index contributed by atoms with van der Waals surface area (Å²) in [6, 6.07) is 9.73. The van der Waals surface area contributed by atoms with Crippen LogP contribution in [0.5, 0.6) is 5.75 Å². The lowest BCUT2D eigenvalue weighted by Crippen LogP contribution is -1.95. The van der Waals surface area contributed by atoms with Gasteiger partial charge in [-0.3, -0.25) is 4.40 Å². The molecule has 0 aliphatic rings. The van der Waals surface area contributed by atoms with E-state index in [0.717, 1.165) is 32.7 Å². The van der Waals surface area contributed by atoms with E-state index in [0.29, 0.717) is 5.82 Å². The second-order valence-electron chi connectivity index (χ2n) is 4.63. The standard InChI is InChI=1S/C15H14BrN3O/c1-9-3-6-13-18-14(15(17)19(13)8-9)11-7-10(20-2)4-5-12(11)16/h3-8H,17H2,1-2H3. The Hall–Kier alpha value is -2.01. The van der Waals surface area contributed by atoms with Gasteiger partial charge in [0.25, 0.3) is 0 Å². The Balaban J connectivity index is 2.27. The fourth-order valence-electron chi connectivity index (χ4n) is 2.18. The number of aromatic nitrogens is 2. The minimum absolute atomic E-state index is 0.623. The number of aryl methyl sites for hydroxylation is 1. The number of anilines is 1. The number of nitrogens with zero attached hydrogens (tertiary/aromatic N) is 2. The number of pyridine rings is 1. The number of benzene rings is 1. The molecule has 4 nitrogen and oxygen atoms in total. The first-order chi connectivity index (χ1) is 9.60. The lowest BCUT2D eigenvalue weighted by atomic mass is 10.1. The highest BCUT2D eigenvalue weighted by atomic mass is 79.9. The third kappa shape index (κ3) is 2.04. The van der Waals surface area contributed by atoms with E-state index in [1.54, 1.807) is 7.11 Å². The number of rotatable bonds is 2. The average molecular weight is 332 g/mol. The predicted molar refractivity (Wildman–Crippen MR) is 84.0 cm³/mol. The van der Waals surface area contributed by atoms with Gasteiger partial charge in [-0.15, -0.1) is 0 Å². The van der Waals surface area contributed by atoms with Gasteiger partial charge in [0.2, 0.25) is 0 Å². The molecule has 3 rings (SSSR count). The van der Waals surface area contributed by atoms with E-state index in [2.05, 4.69) is 20.9 Å². The van der Waals surface area contributed by atoms with Gasteiger partial charge >= 0.3 is 0 Å². The van der Waals surface area contributed by atoms with Gasteiger partial charge in [-0.05, 0) is 36.8 Å². The largest absolute Gasteiger partial charge is 0.497 e. The Kier molecular flexibility index (Phi) is 3.14. The predicted octanol–water partition coefficient (Wildman–Crippen LogP) is 3.66. The molecule has 2 N–H and O–H groups in total. The third-order valence-electron chi connectivity index (χ3n) is 3.23. The highest BCUT2D eigenvalue weighted by Crippen LogP contribution is 2.34. The zero-order chi connectivity index (χ0) is 14.3. The molecule has 0 unspecified atom stereocenters. The van der Waals surface area contributed by atoms with Crippen molar-refractivity contribution in [3.63, 3.8) is 0 Å². The highest BCUT2D eigenvalue weighted by molar-refractivity contribution is 9.10. The summed E-state index contributed by atoms with van der Waals surface area (Å²) in [5.41, 5.74) is 9.88. The van der Waals surface area contributed by atoms with Gasteiger partial charge in [-0.25, -0.2) is 4.98 Å². The molecule has 0 saturated heterocycles. The molecule has 0 fully saturated rings. The fourth-order valence-corrected chi connectivity index (χ4v) is 2.61. The number of nitrogens with two attached hydrogens (primary N) is 1. The number of hydrogen-bond acceptors (Lipinski definition) is 3. The SMILES string of the molecule is COc1ccc(Br)c(-c2nc3ccc(C)cn3c2N)c1. The van der Waals surface area contributed by atoms with Crippen LogP contribution in [0, 0.1) is 6.92 Å². The van der Waals surface area contributed by atoms with Crippen LogP contribution in [0.25, 0.3) is 16.9 Å². The molecule has 3 aromatic rings. The smallest absolute Gasteiger partial charge is 0.139 e. The van der Waals surface area contributed by atoms with Crippen LogP contribution >= 0.6 is 15.9 Å². The summed E-state index contributed by atoms with van der Waals surface area (Å²) in [4.78, 5) is 4.61. The van der Waals surface area contributed by atoms with Crippen molar-refractivity contribution in [2.24, 2.45) is 0 Å². The molecule has 2 aromatic heterocycles. The quantitative estimate of drug-likeness (QED) is 0.779. The normalized spacial score (nSPS) is 10.9. The molecule has 0 bridgehead atoms. The van der Waals surface area contributed by atoms with Gasteiger partial charge in [0.05, 0.1) is 7.11 Å². The topological polar surface area (TPSA) is 52.5 Å². The monoisotopic (exact) mass is 331 g/mol. The van der Waals surface area contributed by atoms with Crippen LogP contribution in [-0.2, 0) is 0 Å². The number of nitrogen functional groups attached to an aromatic ring is 1. The molecule has 0 atom stereocenters. The fraction of sp³-hybridized carbons (Fsp3) is 0.133. The summed E-state index contributed by atoms with van der Waals surface area (Å²) < 4.78 is 8.10. The van der Waals surface area contributed by atoms with Crippen LogP contribution in [0.3, 0.4) is 0 Å². The second-order valence-corrected chi connectivity index (χ2v) is 5.48. The van der Waals surface area contributed by atoms with E-state index in [-0.39, 0.29) is 0 Å². The summed E-state index contributed by atoms with van der Waals surface area (Å²) in [6.07, 6.45) is 1.98. The van der Waals surface area contributed by atoms with Crippen molar-refractivity contribution in [1.82, 2.24) is 9.38 Å². The number of ether oxygens (including phenoxy) is 1. The molecule has 102 valence electrons. The number of imidazole rings is 1. The summed E-state index contributed by atoms with van der Waals surface area (Å²) in [5, 5.41) is 0. The van der Waals surface area contributed by atoms with Gasteiger partial charge in [-0.2, -0.15) is 0 Å². The van der Waals surface area contributed by atoms with Crippen molar-refractivity contribution < 1.29 is 4.74 Å². The number of methoxy groups -OCH3 is 1.